The Hall–Kier alpha value is -1.60. The van der Waals surface area contributed by atoms with Gasteiger partial charge in [-0.2, -0.15) is 0 Å². The van der Waals surface area contributed by atoms with Crippen LogP contribution < -0.4 is 5.32 Å². The van der Waals surface area contributed by atoms with Crippen molar-refractivity contribution >= 4 is 0 Å². The van der Waals surface area contributed by atoms with Crippen LogP contribution in [0, 0.1) is 5.92 Å². The van der Waals surface area contributed by atoms with Crippen LogP contribution in [0.25, 0.3) is 0 Å². The van der Waals surface area contributed by atoms with E-state index in [0.29, 0.717) is 17.9 Å². The summed E-state index contributed by atoms with van der Waals surface area (Å²) in [5.74, 6) is 1.04. The predicted molar refractivity (Wildman–Crippen MR) is 91.6 cm³/mol. The molecule has 1 heteroatoms. The summed E-state index contributed by atoms with van der Waals surface area (Å²) >= 11 is 0. The Kier molecular flexibility index (Phi) is 6.01. The van der Waals surface area contributed by atoms with E-state index in [0.717, 1.165) is 6.54 Å². The highest BCUT2D eigenvalue weighted by atomic mass is 14.9. The van der Waals surface area contributed by atoms with E-state index in [1.54, 1.807) is 0 Å². The molecule has 0 heterocycles. The summed E-state index contributed by atoms with van der Waals surface area (Å²) in [6.45, 7) is 7.84. The molecule has 112 valence electrons. The van der Waals surface area contributed by atoms with Crippen LogP contribution in [0.3, 0.4) is 0 Å². The number of hydrogen-bond donors (Lipinski definition) is 1. The molecule has 0 aromatic heterocycles. The lowest BCUT2D eigenvalue weighted by atomic mass is 9.79. The lowest BCUT2D eigenvalue weighted by molar-refractivity contribution is 0.343. The van der Waals surface area contributed by atoms with Crippen molar-refractivity contribution in [3.63, 3.8) is 0 Å². The van der Waals surface area contributed by atoms with Gasteiger partial charge < -0.3 is 5.32 Å². The van der Waals surface area contributed by atoms with Crippen molar-refractivity contribution in [3.8, 4) is 0 Å². The van der Waals surface area contributed by atoms with E-state index in [4.69, 9.17) is 0 Å². The average Bonchev–Trinajstić information content (AvgIpc) is 2.55. The van der Waals surface area contributed by atoms with Crippen LogP contribution >= 0.6 is 0 Å². The zero-order valence-corrected chi connectivity index (χ0v) is 13.4. The summed E-state index contributed by atoms with van der Waals surface area (Å²) in [7, 11) is 0. The molecule has 1 nitrogen and oxygen atoms in total. The van der Waals surface area contributed by atoms with Crippen LogP contribution in [0.2, 0.25) is 0 Å². The number of nitrogens with one attached hydrogen (secondary N) is 1. The summed E-state index contributed by atoms with van der Waals surface area (Å²) in [6.07, 6.45) is 1.19. The first-order valence-corrected chi connectivity index (χ1v) is 8.11. The van der Waals surface area contributed by atoms with E-state index in [9.17, 15) is 0 Å². The van der Waals surface area contributed by atoms with Crippen molar-refractivity contribution in [1.82, 2.24) is 5.32 Å². The summed E-state index contributed by atoms with van der Waals surface area (Å²) < 4.78 is 0. The third-order valence-corrected chi connectivity index (χ3v) is 4.37. The van der Waals surface area contributed by atoms with Crippen LogP contribution in [0.15, 0.2) is 60.7 Å². The van der Waals surface area contributed by atoms with Gasteiger partial charge in [0, 0.05) is 12.0 Å². The maximum atomic E-state index is 3.73. The van der Waals surface area contributed by atoms with Gasteiger partial charge in [0.2, 0.25) is 0 Å². The molecule has 0 aliphatic rings. The van der Waals surface area contributed by atoms with Crippen molar-refractivity contribution in [2.75, 3.05) is 6.54 Å². The van der Waals surface area contributed by atoms with Crippen LogP contribution in [-0.4, -0.2) is 12.6 Å². The van der Waals surface area contributed by atoms with Gasteiger partial charge in [0.15, 0.2) is 0 Å². The second-order valence-electron chi connectivity index (χ2n) is 5.77. The van der Waals surface area contributed by atoms with E-state index in [2.05, 4.69) is 86.8 Å². The molecule has 2 rings (SSSR count). The predicted octanol–water partition coefficient (Wildman–Crippen LogP) is 4.84. The maximum Gasteiger partial charge on any atom is 0.0246 e. The quantitative estimate of drug-likeness (QED) is 0.765. The highest BCUT2D eigenvalue weighted by molar-refractivity contribution is 5.34. The molecule has 0 aliphatic heterocycles. The Morgan fingerprint density at radius 1 is 0.810 bits per heavy atom. The van der Waals surface area contributed by atoms with Crippen molar-refractivity contribution in [2.24, 2.45) is 5.92 Å². The second-order valence-corrected chi connectivity index (χ2v) is 5.77. The third kappa shape index (κ3) is 3.95. The van der Waals surface area contributed by atoms with Crippen molar-refractivity contribution in [1.29, 1.82) is 0 Å². The Labute approximate surface area is 129 Å². The molecular formula is C20H27N. The zero-order valence-electron chi connectivity index (χ0n) is 13.4. The Bertz CT molecular complexity index is 466. The molecule has 0 amide bonds. The van der Waals surface area contributed by atoms with E-state index >= 15 is 0 Å². The Balaban J connectivity index is 2.44. The molecule has 0 bridgehead atoms. The van der Waals surface area contributed by atoms with Crippen LogP contribution in [0.4, 0.5) is 0 Å². The number of benzene rings is 2. The number of likely N-dealkylation sites (N-methyl/N-ethyl adjacent to an activating group) is 1. The fourth-order valence-corrected chi connectivity index (χ4v) is 3.07. The molecular weight excluding hydrogens is 254 g/mol. The third-order valence-electron chi connectivity index (χ3n) is 4.37. The topological polar surface area (TPSA) is 12.0 Å². The molecule has 0 spiro atoms. The van der Waals surface area contributed by atoms with Gasteiger partial charge in [-0.3, -0.25) is 0 Å². The lowest BCUT2D eigenvalue weighted by Gasteiger charge is -2.33. The van der Waals surface area contributed by atoms with Crippen LogP contribution in [-0.2, 0) is 0 Å². The first-order chi connectivity index (χ1) is 10.3. The fourth-order valence-electron chi connectivity index (χ4n) is 3.07. The summed E-state index contributed by atoms with van der Waals surface area (Å²) in [5, 5.41) is 3.73. The molecule has 0 radical (unpaired) electrons. The highest BCUT2D eigenvalue weighted by Gasteiger charge is 2.27. The molecule has 2 aromatic carbocycles. The van der Waals surface area contributed by atoms with Gasteiger partial charge in [0.25, 0.3) is 0 Å². The minimum atomic E-state index is 0.405. The largest absolute Gasteiger partial charge is 0.313 e. The first kappa shape index (κ1) is 15.8. The minimum absolute atomic E-state index is 0.405. The van der Waals surface area contributed by atoms with Crippen molar-refractivity contribution in [3.05, 3.63) is 71.8 Å². The molecule has 2 atom stereocenters. The molecule has 1 N–H and O–H groups in total. The van der Waals surface area contributed by atoms with Gasteiger partial charge in [-0.25, -0.2) is 0 Å². The zero-order chi connectivity index (χ0) is 15.1. The second kappa shape index (κ2) is 7.99. The standard InChI is InChI=1S/C20H27N/c1-4-16(3)20(21-5-2)19(17-12-8-6-9-13-17)18-14-10-7-11-15-18/h6-16,19-21H,4-5H2,1-3H3. The van der Waals surface area contributed by atoms with Crippen LogP contribution in [0.1, 0.15) is 44.2 Å². The lowest BCUT2D eigenvalue weighted by Crippen LogP contribution is -2.40. The number of rotatable bonds is 7. The summed E-state index contributed by atoms with van der Waals surface area (Å²) in [4.78, 5) is 0. The fraction of sp³-hybridized carbons (Fsp3) is 0.400. The van der Waals surface area contributed by atoms with Gasteiger partial charge in [-0.1, -0.05) is 87.9 Å². The molecule has 2 unspecified atom stereocenters. The maximum absolute atomic E-state index is 3.73. The van der Waals surface area contributed by atoms with Gasteiger partial charge in [-0.05, 0) is 23.6 Å². The van der Waals surface area contributed by atoms with Gasteiger partial charge in [0.05, 0.1) is 0 Å². The molecule has 0 saturated carbocycles. The highest BCUT2D eigenvalue weighted by Crippen LogP contribution is 2.32. The van der Waals surface area contributed by atoms with Crippen LogP contribution in [0.5, 0.6) is 0 Å². The van der Waals surface area contributed by atoms with E-state index in [1.165, 1.54) is 17.5 Å². The van der Waals surface area contributed by atoms with Gasteiger partial charge >= 0.3 is 0 Å². The van der Waals surface area contributed by atoms with E-state index < -0.39 is 0 Å². The Morgan fingerprint density at radius 2 is 1.29 bits per heavy atom. The normalized spacial score (nSPS) is 14.1. The molecule has 0 saturated heterocycles. The first-order valence-electron chi connectivity index (χ1n) is 8.11. The Morgan fingerprint density at radius 3 is 1.67 bits per heavy atom. The molecule has 0 aliphatic carbocycles. The van der Waals surface area contributed by atoms with Gasteiger partial charge in [0.1, 0.15) is 0 Å². The monoisotopic (exact) mass is 281 g/mol. The average molecular weight is 281 g/mol. The summed E-state index contributed by atoms with van der Waals surface area (Å²) in [6, 6.07) is 22.2. The smallest absolute Gasteiger partial charge is 0.0246 e. The van der Waals surface area contributed by atoms with Crippen molar-refractivity contribution < 1.29 is 0 Å². The SMILES string of the molecule is CCNC(C(C)CC)C(c1ccccc1)c1ccccc1. The van der Waals surface area contributed by atoms with Gasteiger partial charge in [-0.15, -0.1) is 0 Å². The minimum Gasteiger partial charge on any atom is -0.313 e. The van der Waals surface area contributed by atoms with Crippen molar-refractivity contribution in [2.45, 2.75) is 39.2 Å². The molecule has 0 fully saturated rings. The molecule has 2 aromatic rings. The molecule has 21 heavy (non-hydrogen) atoms. The number of hydrogen-bond acceptors (Lipinski definition) is 1. The summed E-state index contributed by atoms with van der Waals surface area (Å²) in [5.41, 5.74) is 2.80. The van der Waals surface area contributed by atoms with E-state index in [-0.39, 0.29) is 0 Å². The van der Waals surface area contributed by atoms with E-state index in [1.807, 2.05) is 0 Å².